The van der Waals surface area contributed by atoms with Crippen molar-refractivity contribution >= 4 is 46.3 Å². The van der Waals surface area contributed by atoms with E-state index in [9.17, 15) is 10.1 Å². The highest BCUT2D eigenvalue weighted by Crippen LogP contribution is 2.48. The monoisotopic (exact) mass is 544 g/mol. The lowest BCUT2D eigenvalue weighted by atomic mass is 9.98. The van der Waals surface area contributed by atoms with Crippen LogP contribution in [0, 0.1) is 11.3 Å². The molecule has 4 heterocycles. The van der Waals surface area contributed by atoms with Gasteiger partial charge in [-0.1, -0.05) is 35.3 Å². The topological polar surface area (TPSA) is 96.5 Å². The molecule has 0 aliphatic rings. The fourth-order valence-corrected chi connectivity index (χ4v) is 5.78. The molecule has 10 heteroatoms. The molecule has 5 aromatic rings. The van der Waals surface area contributed by atoms with Gasteiger partial charge in [0.15, 0.2) is 5.82 Å². The zero-order valence-corrected chi connectivity index (χ0v) is 21.8. The molecule has 1 aromatic carbocycles. The number of pyridine rings is 2. The van der Waals surface area contributed by atoms with Gasteiger partial charge in [0.05, 0.1) is 21.9 Å². The van der Waals surface area contributed by atoms with E-state index in [1.807, 2.05) is 35.2 Å². The Morgan fingerprint density at radius 2 is 1.97 bits per heavy atom. The van der Waals surface area contributed by atoms with Crippen LogP contribution in [0.1, 0.15) is 18.1 Å². The minimum atomic E-state index is -0.233. The zero-order chi connectivity index (χ0) is 25.9. The second kappa shape index (κ2) is 10.5. The standard InChI is InChI=1S/C27H18Cl2N6OS/c1-16(36)34-23-11-18(6-8-32-23)25-21(13-30)24(20-5-4-19(28)12-22(20)29)26(37-25)27-33-9-10-35(27)15-17-3-2-7-31-14-17/h2-12,14H,15H2,1H3,(H,32,34,36). The molecule has 0 saturated heterocycles. The van der Waals surface area contributed by atoms with Crippen molar-refractivity contribution in [3.63, 3.8) is 0 Å². The Labute approximate surface area is 227 Å². The third kappa shape index (κ3) is 5.11. The fraction of sp³-hybridized carbons (Fsp3) is 0.0741. The lowest BCUT2D eigenvalue weighted by Crippen LogP contribution is -2.07. The number of halogens is 2. The molecule has 0 unspecified atom stereocenters. The summed E-state index contributed by atoms with van der Waals surface area (Å²) in [6.07, 6.45) is 8.75. The average molecular weight is 545 g/mol. The Morgan fingerprint density at radius 1 is 1.11 bits per heavy atom. The number of imidazole rings is 1. The number of rotatable bonds is 6. The Bertz CT molecular complexity index is 1660. The van der Waals surface area contributed by atoms with Crippen LogP contribution in [0.25, 0.3) is 32.3 Å². The van der Waals surface area contributed by atoms with Crippen LogP contribution in [0.3, 0.4) is 0 Å². The van der Waals surface area contributed by atoms with E-state index in [0.717, 1.165) is 16.0 Å². The van der Waals surface area contributed by atoms with E-state index in [-0.39, 0.29) is 5.91 Å². The maximum Gasteiger partial charge on any atom is 0.222 e. The summed E-state index contributed by atoms with van der Waals surface area (Å²) in [4.78, 5) is 26.2. The molecule has 0 spiro atoms. The van der Waals surface area contributed by atoms with E-state index in [0.29, 0.717) is 49.8 Å². The van der Waals surface area contributed by atoms with E-state index < -0.39 is 0 Å². The molecule has 7 nitrogen and oxygen atoms in total. The van der Waals surface area contributed by atoms with E-state index in [1.165, 1.54) is 18.3 Å². The molecular weight excluding hydrogens is 527 g/mol. The van der Waals surface area contributed by atoms with Crippen molar-refractivity contribution in [2.75, 3.05) is 5.32 Å². The van der Waals surface area contributed by atoms with Crippen LogP contribution in [0.5, 0.6) is 0 Å². The summed E-state index contributed by atoms with van der Waals surface area (Å²) in [5.74, 6) is 0.852. The number of hydrogen-bond donors (Lipinski definition) is 1. The van der Waals surface area contributed by atoms with E-state index in [4.69, 9.17) is 23.2 Å². The van der Waals surface area contributed by atoms with Crippen LogP contribution in [-0.4, -0.2) is 25.4 Å². The largest absolute Gasteiger partial charge is 0.326 e. The molecule has 182 valence electrons. The molecule has 0 atom stereocenters. The quantitative estimate of drug-likeness (QED) is 0.250. The van der Waals surface area contributed by atoms with E-state index >= 15 is 0 Å². The summed E-state index contributed by atoms with van der Waals surface area (Å²) >= 11 is 14.3. The number of hydrogen-bond acceptors (Lipinski definition) is 6. The Morgan fingerprint density at radius 3 is 2.70 bits per heavy atom. The smallest absolute Gasteiger partial charge is 0.222 e. The van der Waals surface area contributed by atoms with Gasteiger partial charge in [0, 0.05) is 59.1 Å². The van der Waals surface area contributed by atoms with Gasteiger partial charge in [-0.05, 0) is 41.5 Å². The van der Waals surface area contributed by atoms with Crippen LogP contribution in [0.15, 0.2) is 73.4 Å². The molecule has 0 radical (unpaired) electrons. The number of nitriles is 1. The van der Waals surface area contributed by atoms with Crippen LogP contribution in [0.4, 0.5) is 5.82 Å². The van der Waals surface area contributed by atoms with Gasteiger partial charge in [0.25, 0.3) is 0 Å². The second-order valence-corrected chi connectivity index (χ2v) is 9.96. The first-order valence-electron chi connectivity index (χ1n) is 11.1. The molecule has 0 bridgehead atoms. The number of thiophene rings is 1. The molecule has 1 amide bonds. The lowest BCUT2D eigenvalue weighted by molar-refractivity contribution is -0.114. The van der Waals surface area contributed by atoms with Gasteiger partial charge in [0.1, 0.15) is 11.9 Å². The van der Waals surface area contributed by atoms with Crippen LogP contribution < -0.4 is 5.32 Å². The highest BCUT2D eigenvalue weighted by atomic mass is 35.5. The molecule has 0 fully saturated rings. The normalized spacial score (nSPS) is 10.8. The summed E-state index contributed by atoms with van der Waals surface area (Å²) in [7, 11) is 0. The number of amides is 1. The number of benzene rings is 1. The minimum Gasteiger partial charge on any atom is -0.326 e. The summed E-state index contributed by atoms with van der Waals surface area (Å²) in [5, 5.41) is 14.0. The first-order valence-corrected chi connectivity index (χ1v) is 12.7. The number of carbonyl (C=O) groups is 1. The third-order valence-electron chi connectivity index (χ3n) is 5.54. The van der Waals surface area contributed by atoms with Gasteiger partial charge < -0.3 is 9.88 Å². The van der Waals surface area contributed by atoms with Gasteiger partial charge in [-0.3, -0.25) is 9.78 Å². The average Bonchev–Trinajstić information content (AvgIpc) is 3.48. The van der Waals surface area contributed by atoms with E-state index in [1.54, 1.807) is 42.9 Å². The Balaban J connectivity index is 1.74. The van der Waals surface area contributed by atoms with E-state index in [2.05, 4.69) is 26.3 Å². The lowest BCUT2D eigenvalue weighted by Gasteiger charge is -2.10. The third-order valence-corrected chi connectivity index (χ3v) is 7.32. The van der Waals surface area contributed by atoms with Gasteiger partial charge in [-0.15, -0.1) is 11.3 Å². The summed E-state index contributed by atoms with van der Waals surface area (Å²) < 4.78 is 2.01. The Kier molecular flexibility index (Phi) is 7.01. The van der Waals surface area contributed by atoms with Crippen molar-refractivity contribution in [3.05, 3.63) is 94.6 Å². The SMILES string of the molecule is CC(=O)Nc1cc(-c2sc(-c3nccn3Cc3cccnc3)c(-c3ccc(Cl)cc3Cl)c2C#N)ccn1. The molecular formula is C27H18Cl2N6OS. The number of anilines is 1. The predicted molar refractivity (Wildman–Crippen MR) is 147 cm³/mol. The van der Waals surface area contributed by atoms with Gasteiger partial charge in [-0.25, -0.2) is 9.97 Å². The highest BCUT2D eigenvalue weighted by molar-refractivity contribution is 7.19. The van der Waals surface area contributed by atoms with Gasteiger partial charge >= 0.3 is 0 Å². The van der Waals surface area contributed by atoms with Crippen LogP contribution >= 0.6 is 34.5 Å². The van der Waals surface area contributed by atoms with Crippen molar-refractivity contribution in [1.29, 1.82) is 5.26 Å². The molecule has 0 aliphatic carbocycles. The maximum atomic E-state index is 11.6. The predicted octanol–water partition coefficient (Wildman–Crippen LogP) is 6.92. The van der Waals surface area contributed by atoms with Gasteiger partial charge in [0.2, 0.25) is 5.91 Å². The molecule has 4 aromatic heterocycles. The number of aromatic nitrogens is 4. The molecule has 0 aliphatic heterocycles. The van der Waals surface area contributed by atoms with Crippen molar-refractivity contribution in [2.45, 2.75) is 13.5 Å². The highest BCUT2D eigenvalue weighted by Gasteiger charge is 2.26. The van der Waals surface area contributed by atoms with Crippen molar-refractivity contribution in [2.24, 2.45) is 0 Å². The molecule has 1 N–H and O–H groups in total. The second-order valence-electron chi connectivity index (χ2n) is 8.10. The zero-order valence-electron chi connectivity index (χ0n) is 19.4. The van der Waals surface area contributed by atoms with Crippen LogP contribution in [0.2, 0.25) is 10.0 Å². The fourth-order valence-electron chi connectivity index (χ4n) is 4.00. The molecule has 5 rings (SSSR count). The minimum absolute atomic E-state index is 0.233. The summed E-state index contributed by atoms with van der Waals surface area (Å²) in [6, 6.07) is 15.0. The molecule has 0 saturated carbocycles. The Hall–Kier alpha value is -4.03. The van der Waals surface area contributed by atoms with Crippen molar-refractivity contribution in [3.8, 4) is 38.3 Å². The van der Waals surface area contributed by atoms with Crippen LogP contribution in [-0.2, 0) is 11.3 Å². The summed E-state index contributed by atoms with van der Waals surface area (Å²) in [5.41, 5.74) is 3.54. The number of carbonyl (C=O) groups excluding carboxylic acids is 1. The van der Waals surface area contributed by atoms with Crippen molar-refractivity contribution < 1.29 is 4.79 Å². The maximum absolute atomic E-state index is 11.6. The number of nitrogens with one attached hydrogen (secondary N) is 1. The first kappa shape index (κ1) is 24.7. The summed E-state index contributed by atoms with van der Waals surface area (Å²) in [6.45, 7) is 1.97. The first-order chi connectivity index (χ1) is 17.9. The van der Waals surface area contributed by atoms with Gasteiger partial charge in [-0.2, -0.15) is 5.26 Å². The van der Waals surface area contributed by atoms with Crippen molar-refractivity contribution in [1.82, 2.24) is 19.5 Å². The molecule has 37 heavy (non-hydrogen) atoms. The number of nitrogens with zero attached hydrogens (tertiary/aromatic N) is 5.